The Labute approximate surface area is 175 Å². The van der Waals surface area contributed by atoms with Crippen LogP contribution in [-0.2, 0) is 6.54 Å². The highest BCUT2D eigenvalue weighted by atomic mass is 16.3. The number of likely N-dealkylation sites (tertiary alicyclic amines) is 2. The molecule has 1 atom stereocenters. The standard InChI is InChI=1S/C23H27N5O2/c29-21-13-23(17-27(16-21)22(30)18-3-2-9-24-14-18)7-11-26(12-8-23)15-20-5-1-4-19-6-10-25-28(19)20/h1-6,9-10,14,21,29H,7-8,11-13,15-17H2. The lowest BCUT2D eigenvalue weighted by Gasteiger charge is -2.49. The Morgan fingerprint density at radius 1 is 1.13 bits per heavy atom. The Balaban J connectivity index is 1.26. The molecule has 2 aliphatic heterocycles. The predicted molar refractivity (Wildman–Crippen MR) is 113 cm³/mol. The fourth-order valence-corrected chi connectivity index (χ4v) is 5.08. The van der Waals surface area contributed by atoms with Crippen LogP contribution in [0.5, 0.6) is 0 Å². The van der Waals surface area contributed by atoms with Crippen LogP contribution in [0.2, 0.25) is 0 Å². The number of carbonyl (C=O) groups is 1. The average Bonchev–Trinajstić information content (AvgIpc) is 3.25. The number of aliphatic hydroxyl groups is 1. The van der Waals surface area contributed by atoms with Crippen molar-refractivity contribution in [3.63, 3.8) is 0 Å². The van der Waals surface area contributed by atoms with Crippen LogP contribution >= 0.6 is 0 Å². The molecule has 1 N–H and O–H groups in total. The molecule has 7 heteroatoms. The summed E-state index contributed by atoms with van der Waals surface area (Å²) in [5, 5.41) is 15.0. The summed E-state index contributed by atoms with van der Waals surface area (Å²) in [5.41, 5.74) is 2.88. The highest BCUT2D eigenvalue weighted by molar-refractivity contribution is 5.94. The van der Waals surface area contributed by atoms with E-state index >= 15 is 0 Å². The summed E-state index contributed by atoms with van der Waals surface area (Å²) < 4.78 is 2.00. The maximum Gasteiger partial charge on any atom is 0.255 e. The van der Waals surface area contributed by atoms with Crippen molar-refractivity contribution in [2.45, 2.75) is 31.9 Å². The Kier molecular flexibility index (Phi) is 5.00. The van der Waals surface area contributed by atoms with E-state index in [0.29, 0.717) is 18.7 Å². The zero-order chi connectivity index (χ0) is 20.6. The lowest BCUT2D eigenvalue weighted by Crippen LogP contribution is -2.55. The number of nitrogens with zero attached hydrogens (tertiary/aromatic N) is 5. The summed E-state index contributed by atoms with van der Waals surface area (Å²) in [7, 11) is 0. The van der Waals surface area contributed by atoms with Crippen molar-refractivity contribution >= 4 is 11.4 Å². The maximum absolute atomic E-state index is 12.9. The topological polar surface area (TPSA) is 74.0 Å². The molecule has 3 aromatic heterocycles. The van der Waals surface area contributed by atoms with Crippen LogP contribution in [0, 0.1) is 5.41 Å². The quantitative estimate of drug-likeness (QED) is 0.723. The number of hydrogen-bond donors (Lipinski definition) is 1. The average molecular weight is 406 g/mol. The molecule has 5 heterocycles. The lowest BCUT2D eigenvalue weighted by atomic mass is 9.71. The van der Waals surface area contributed by atoms with Crippen LogP contribution < -0.4 is 0 Å². The minimum absolute atomic E-state index is 0.0102. The molecular weight excluding hydrogens is 378 g/mol. The number of β-amino-alcohol motifs (C(OH)–C–C–N with tert-alkyl or cyclic N) is 1. The Morgan fingerprint density at radius 3 is 2.80 bits per heavy atom. The summed E-state index contributed by atoms with van der Waals surface area (Å²) in [6, 6.07) is 11.9. The van der Waals surface area contributed by atoms with Crippen molar-refractivity contribution < 1.29 is 9.90 Å². The molecule has 2 fully saturated rings. The van der Waals surface area contributed by atoms with Crippen LogP contribution in [0.25, 0.3) is 5.52 Å². The molecule has 0 saturated carbocycles. The molecular formula is C23H27N5O2. The van der Waals surface area contributed by atoms with Crippen molar-refractivity contribution in [3.05, 3.63) is 66.2 Å². The van der Waals surface area contributed by atoms with E-state index in [-0.39, 0.29) is 11.3 Å². The van der Waals surface area contributed by atoms with Crippen molar-refractivity contribution in [1.82, 2.24) is 24.4 Å². The van der Waals surface area contributed by atoms with Crippen LogP contribution in [0.4, 0.5) is 0 Å². The molecule has 0 aliphatic carbocycles. The minimum atomic E-state index is -0.469. The first-order chi connectivity index (χ1) is 14.6. The number of amides is 1. The lowest BCUT2D eigenvalue weighted by molar-refractivity contribution is -0.0339. The molecule has 1 amide bonds. The highest BCUT2D eigenvalue weighted by Gasteiger charge is 2.43. The maximum atomic E-state index is 12.9. The first-order valence-corrected chi connectivity index (χ1v) is 10.6. The second-order valence-corrected chi connectivity index (χ2v) is 8.75. The molecule has 0 bridgehead atoms. The van der Waals surface area contributed by atoms with Crippen LogP contribution in [0.15, 0.2) is 55.0 Å². The van der Waals surface area contributed by atoms with Gasteiger partial charge >= 0.3 is 0 Å². The number of carbonyl (C=O) groups excluding carboxylic acids is 1. The number of fused-ring (bicyclic) bond motifs is 1. The smallest absolute Gasteiger partial charge is 0.255 e. The third kappa shape index (κ3) is 3.70. The van der Waals surface area contributed by atoms with E-state index in [4.69, 9.17) is 0 Å². The van der Waals surface area contributed by atoms with E-state index in [2.05, 4.69) is 33.2 Å². The SMILES string of the molecule is O=C(c1cccnc1)N1CC(O)CC2(CCN(Cc3cccc4ccnn34)CC2)C1. The Bertz CT molecular complexity index is 1030. The molecule has 1 unspecified atom stereocenters. The van der Waals surface area contributed by atoms with Crippen molar-refractivity contribution in [1.29, 1.82) is 0 Å². The van der Waals surface area contributed by atoms with E-state index in [1.54, 1.807) is 24.5 Å². The summed E-state index contributed by atoms with van der Waals surface area (Å²) in [5.74, 6) is -0.0333. The van der Waals surface area contributed by atoms with Crippen LogP contribution in [-0.4, -0.2) is 67.7 Å². The van der Waals surface area contributed by atoms with Gasteiger partial charge in [0.25, 0.3) is 5.91 Å². The molecule has 0 radical (unpaired) electrons. The number of pyridine rings is 2. The van der Waals surface area contributed by atoms with Gasteiger partial charge < -0.3 is 10.0 Å². The van der Waals surface area contributed by atoms with Gasteiger partial charge in [-0.25, -0.2) is 4.52 Å². The largest absolute Gasteiger partial charge is 0.391 e. The van der Waals surface area contributed by atoms with Gasteiger partial charge in [-0.2, -0.15) is 5.10 Å². The predicted octanol–water partition coefficient (Wildman–Crippen LogP) is 2.22. The van der Waals surface area contributed by atoms with Gasteiger partial charge in [-0.05, 0) is 68.1 Å². The Morgan fingerprint density at radius 2 is 2.00 bits per heavy atom. The zero-order valence-electron chi connectivity index (χ0n) is 17.0. The van der Waals surface area contributed by atoms with E-state index in [9.17, 15) is 9.90 Å². The molecule has 5 rings (SSSR count). The second-order valence-electron chi connectivity index (χ2n) is 8.75. The van der Waals surface area contributed by atoms with Crippen LogP contribution in [0.1, 0.15) is 35.3 Å². The van der Waals surface area contributed by atoms with Gasteiger partial charge in [0.2, 0.25) is 0 Å². The van der Waals surface area contributed by atoms with Crippen molar-refractivity contribution in [2.24, 2.45) is 5.41 Å². The second kappa shape index (κ2) is 7.81. The Hall–Kier alpha value is -2.77. The molecule has 30 heavy (non-hydrogen) atoms. The molecule has 7 nitrogen and oxygen atoms in total. The number of hydrogen-bond acceptors (Lipinski definition) is 5. The van der Waals surface area contributed by atoms with Gasteiger partial charge in [0.1, 0.15) is 0 Å². The summed E-state index contributed by atoms with van der Waals surface area (Å²) in [6.07, 6.45) is 7.38. The van der Waals surface area contributed by atoms with Gasteiger partial charge in [0.05, 0.1) is 22.9 Å². The minimum Gasteiger partial charge on any atom is -0.391 e. The first kappa shape index (κ1) is 19.2. The molecule has 2 saturated heterocycles. The van der Waals surface area contributed by atoms with Gasteiger partial charge in [-0.1, -0.05) is 6.07 Å². The van der Waals surface area contributed by atoms with Crippen molar-refractivity contribution in [2.75, 3.05) is 26.2 Å². The summed E-state index contributed by atoms with van der Waals surface area (Å²) >= 11 is 0. The van der Waals surface area contributed by atoms with Gasteiger partial charge in [-0.3, -0.25) is 14.7 Å². The zero-order valence-corrected chi connectivity index (χ0v) is 17.0. The fourth-order valence-electron chi connectivity index (χ4n) is 5.08. The van der Waals surface area contributed by atoms with E-state index in [1.165, 1.54) is 5.69 Å². The number of rotatable bonds is 3. The van der Waals surface area contributed by atoms with E-state index in [1.807, 2.05) is 21.7 Å². The van der Waals surface area contributed by atoms with Gasteiger partial charge in [-0.15, -0.1) is 0 Å². The normalized spacial score (nSPS) is 21.9. The van der Waals surface area contributed by atoms with Gasteiger partial charge in [0.15, 0.2) is 0 Å². The summed E-state index contributed by atoms with van der Waals surface area (Å²) in [6.45, 7) is 3.88. The number of aromatic nitrogens is 3. The van der Waals surface area contributed by atoms with Crippen LogP contribution in [0.3, 0.4) is 0 Å². The monoisotopic (exact) mass is 405 g/mol. The highest BCUT2D eigenvalue weighted by Crippen LogP contribution is 2.40. The summed E-state index contributed by atoms with van der Waals surface area (Å²) in [4.78, 5) is 21.3. The number of aliphatic hydroxyl groups excluding tert-OH is 1. The molecule has 1 spiro atoms. The first-order valence-electron chi connectivity index (χ1n) is 10.6. The molecule has 3 aromatic rings. The van der Waals surface area contributed by atoms with Crippen molar-refractivity contribution in [3.8, 4) is 0 Å². The van der Waals surface area contributed by atoms with Gasteiger partial charge in [0, 0.05) is 38.2 Å². The molecule has 156 valence electrons. The van der Waals surface area contributed by atoms with E-state index in [0.717, 1.165) is 44.4 Å². The molecule has 2 aliphatic rings. The molecule has 0 aromatic carbocycles. The number of piperidine rings is 2. The third-order valence-electron chi connectivity index (χ3n) is 6.62. The fraction of sp³-hybridized carbons (Fsp3) is 0.435. The third-order valence-corrected chi connectivity index (χ3v) is 6.62. The van der Waals surface area contributed by atoms with E-state index < -0.39 is 6.10 Å².